The molecule has 104 valence electrons. The van der Waals surface area contributed by atoms with E-state index in [1.54, 1.807) is 13.2 Å². The zero-order valence-corrected chi connectivity index (χ0v) is 11.3. The van der Waals surface area contributed by atoms with Gasteiger partial charge in [-0.25, -0.2) is 4.39 Å². The van der Waals surface area contributed by atoms with Crippen LogP contribution in [0.25, 0.3) is 0 Å². The van der Waals surface area contributed by atoms with Crippen LogP contribution in [-0.4, -0.2) is 42.6 Å². The molecular formula is C13H19FN4O. The van der Waals surface area contributed by atoms with Crippen molar-refractivity contribution in [2.45, 2.75) is 18.9 Å². The second kappa shape index (κ2) is 5.52. The smallest absolute Gasteiger partial charge is 0.192 e. The Morgan fingerprint density at radius 3 is 2.89 bits per heavy atom. The number of hydrogen-bond donors (Lipinski definition) is 1. The Bertz CT molecular complexity index is 462. The highest BCUT2D eigenvalue weighted by Gasteiger charge is 2.43. The zero-order chi connectivity index (χ0) is 13.9. The summed E-state index contributed by atoms with van der Waals surface area (Å²) < 4.78 is 18.1. The number of aromatic nitrogens is 1. The van der Waals surface area contributed by atoms with Crippen LogP contribution in [0.5, 0.6) is 0 Å². The molecule has 2 rings (SSSR count). The van der Waals surface area contributed by atoms with E-state index in [-0.39, 0.29) is 5.82 Å². The molecule has 0 aromatic carbocycles. The number of hydrogen-bond acceptors (Lipinski definition) is 5. The molecule has 1 aliphatic heterocycles. The number of pyridine rings is 1. The predicted molar refractivity (Wildman–Crippen MR) is 71.2 cm³/mol. The second-order valence-corrected chi connectivity index (χ2v) is 4.57. The lowest BCUT2D eigenvalue weighted by Crippen LogP contribution is -2.50. The Hall–Kier alpha value is -1.69. The van der Waals surface area contributed by atoms with Crippen molar-refractivity contribution in [1.82, 2.24) is 9.88 Å². The molecule has 0 saturated carbocycles. The van der Waals surface area contributed by atoms with Crippen molar-refractivity contribution in [3.63, 3.8) is 0 Å². The molecule has 0 spiro atoms. The van der Waals surface area contributed by atoms with E-state index in [2.05, 4.69) is 16.9 Å². The first kappa shape index (κ1) is 13.7. The number of guanidine groups is 1. The van der Waals surface area contributed by atoms with Gasteiger partial charge in [0, 0.05) is 13.7 Å². The van der Waals surface area contributed by atoms with E-state index in [0.29, 0.717) is 25.7 Å². The van der Waals surface area contributed by atoms with Gasteiger partial charge in [0.25, 0.3) is 0 Å². The van der Waals surface area contributed by atoms with Gasteiger partial charge in [0.05, 0.1) is 25.0 Å². The quantitative estimate of drug-likeness (QED) is 0.867. The van der Waals surface area contributed by atoms with E-state index in [9.17, 15) is 4.39 Å². The average molecular weight is 266 g/mol. The van der Waals surface area contributed by atoms with Gasteiger partial charge in [-0.2, -0.15) is 0 Å². The highest BCUT2D eigenvalue weighted by Crippen LogP contribution is 2.34. The van der Waals surface area contributed by atoms with Gasteiger partial charge in [0.2, 0.25) is 0 Å². The molecule has 1 aromatic heterocycles. The molecule has 1 atom stereocenters. The molecule has 2 heterocycles. The molecule has 0 saturated heterocycles. The average Bonchev–Trinajstić information content (AvgIpc) is 2.75. The lowest BCUT2D eigenvalue weighted by molar-refractivity contribution is 0.122. The first-order valence-corrected chi connectivity index (χ1v) is 6.32. The largest absolute Gasteiger partial charge is 0.383 e. The van der Waals surface area contributed by atoms with Crippen molar-refractivity contribution < 1.29 is 9.13 Å². The summed E-state index contributed by atoms with van der Waals surface area (Å²) in [6.07, 6.45) is 2.02. The van der Waals surface area contributed by atoms with E-state index < -0.39 is 5.54 Å². The molecule has 0 aliphatic carbocycles. The van der Waals surface area contributed by atoms with Crippen LogP contribution in [0.4, 0.5) is 4.39 Å². The highest BCUT2D eigenvalue weighted by atomic mass is 19.1. The van der Waals surface area contributed by atoms with Crippen LogP contribution in [0.1, 0.15) is 19.0 Å². The van der Waals surface area contributed by atoms with Crippen molar-refractivity contribution in [3.8, 4) is 0 Å². The minimum absolute atomic E-state index is 0.342. The van der Waals surface area contributed by atoms with Gasteiger partial charge in [0.15, 0.2) is 5.96 Å². The third kappa shape index (κ3) is 2.40. The maximum Gasteiger partial charge on any atom is 0.192 e. The molecule has 1 aliphatic rings. The fraction of sp³-hybridized carbons (Fsp3) is 0.538. The van der Waals surface area contributed by atoms with Crippen molar-refractivity contribution >= 4 is 5.96 Å². The molecule has 0 radical (unpaired) electrons. The minimum Gasteiger partial charge on any atom is -0.383 e. The van der Waals surface area contributed by atoms with Gasteiger partial charge in [0.1, 0.15) is 11.4 Å². The molecule has 0 amide bonds. The number of methoxy groups -OCH3 is 1. The van der Waals surface area contributed by atoms with E-state index in [1.165, 1.54) is 12.3 Å². The lowest BCUT2D eigenvalue weighted by Gasteiger charge is -2.38. The van der Waals surface area contributed by atoms with Crippen LogP contribution < -0.4 is 5.73 Å². The van der Waals surface area contributed by atoms with Gasteiger partial charge >= 0.3 is 0 Å². The van der Waals surface area contributed by atoms with Gasteiger partial charge in [-0.1, -0.05) is 6.92 Å². The maximum atomic E-state index is 13.0. The Labute approximate surface area is 112 Å². The van der Waals surface area contributed by atoms with E-state index in [0.717, 1.165) is 12.1 Å². The van der Waals surface area contributed by atoms with Gasteiger partial charge in [-0.05, 0) is 18.6 Å². The fourth-order valence-corrected chi connectivity index (χ4v) is 2.47. The summed E-state index contributed by atoms with van der Waals surface area (Å²) in [5.41, 5.74) is 6.35. The molecule has 0 bridgehead atoms. The van der Waals surface area contributed by atoms with E-state index >= 15 is 0 Å². The number of rotatable bonds is 5. The van der Waals surface area contributed by atoms with Crippen LogP contribution in [0.2, 0.25) is 0 Å². The number of halogens is 1. The summed E-state index contributed by atoms with van der Waals surface area (Å²) in [6.45, 7) is 3.79. The second-order valence-electron chi connectivity index (χ2n) is 4.57. The standard InChI is InChI=1S/C13H19FN4O/c1-3-13(11-5-4-10(14)8-16-11)9-17-12(15)18(13)6-7-19-2/h4-5,8H,3,6-7,9H2,1-2H3,(H2,15,17). The van der Waals surface area contributed by atoms with E-state index in [1.807, 2.05) is 4.90 Å². The third-order valence-corrected chi connectivity index (χ3v) is 3.60. The van der Waals surface area contributed by atoms with E-state index in [4.69, 9.17) is 10.5 Å². The Kier molecular flexibility index (Phi) is 3.99. The zero-order valence-electron chi connectivity index (χ0n) is 11.3. The molecule has 5 nitrogen and oxygen atoms in total. The van der Waals surface area contributed by atoms with Crippen LogP contribution in [0, 0.1) is 5.82 Å². The molecular weight excluding hydrogens is 247 g/mol. The molecule has 1 aromatic rings. The SMILES string of the molecule is CCC1(c2ccc(F)cn2)CN=C(N)N1CCOC. The third-order valence-electron chi connectivity index (χ3n) is 3.60. The minimum atomic E-state index is -0.393. The number of nitrogens with two attached hydrogens (primary N) is 1. The number of aliphatic imine (C=N–C) groups is 1. The Morgan fingerprint density at radius 1 is 1.53 bits per heavy atom. The lowest BCUT2D eigenvalue weighted by atomic mass is 9.90. The van der Waals surface area contributed by atoms with Crippen LogP contribution in [-0.2, 0) is 10.3 Å². The summed E-state index contributed by atoms with van der Waals surface area (Å²) in [6, 6.07) is 3.12. The van der Waals surface area contributed by atoms with Gasteiger partial charge < -0.3 is 15.4 Å². The molecule has 2 N–H and O–H groups in total. The predicted octanol–water partition coefficient (Wildman–Crippen LogP) is 1.10. The van der Waals surface area contributed by atoms with Crippen molar-refractivity contribution in [2.24, 2.45) is 10.7 Å². The Morgan fingerprint density at radius 2 is 2.32 bits per heavy atom. The van der Waals surface area contributed by atoms with Crippen LogP contribution in [0.3, 0.4) is 0 Å². The monoisotopic (exact) mass is 266 g/mol. The van der Waals surface area contributed by atoms with Gasteiger partial charge in [-0.15, -0.1) is 0 Å². The summed E-state index contributed by atoms with van der Waals surface area (Å²) in [5.74, 6) is 0.148. The first-order chi connectivity index (χ1) is 9.14. The van der Waals surface area contributed by atoms with Crippen LogP contribution in [0.15, 0.2) is 23.3 Å². The molecule has 0 fully saturated rings. The van der Waals surface area contributed by atoms with Crippen molar-refractivity contribution in [3.05, 3.63) is 29.8 Å². The highest BCUT2D eigenvalue weighted by molar-refractivity contribution is 5.81. The molecule has 6 heteroatoms. The normalized spacial score (nSPS) is 22.7. The summed E-state index contributed by atoms with van der Waals surface area (Å²) in [7, 11) is 1.65. The van der Waals surface area contributed by atoms with Gasteiger partial charge in [-0.3, -0.25) is 9.98 Å². The summed E-state index contributed by atoms with van der Waals surface area (Å²) in [5, 5.41) is 0. The molecule has 19 heavy (non-hydrogen) atoms. The number of nitrogens with zero attached hydrogens (tertiary/aromatic N) is 3. The maximum absolute atomic E-state index is 13.0. The summed E-state index contributed by atoms with van der Waals surface area (Å²) in [4.78, 5) is 10.5. The first-order valence-electron chi connectivity index (χ1n) is 6.32. The summed E-state index contributed by atoms with van der Waals surface area (Å²) >= 11 is 0. The van der Waals surface area contributed by atoms with Crippen LogP contribution >= 0.6 is 0 Å². The fourth-order valence-electron chi connectivity index (χ4n) is 2.47. The van der Waals surface area contributed by atoms with Crippen molar-refractivity contribution in [1.29, 1.82) is 0 Å². The topological polar surface area (TPSA) is 63.7 Å². The number of ether oxygens (including phenoxy) is 1. The van der Waals surface area contributed by atoms with Crippen molar-refractivity contribution in [2.75, 3.05) is 26.8 Å². The Balaban J connectivity index is 2.33. The molecule has 1 unspecified atom stereocenters.